The van der Waals surface area contributed by atoms with Gasteiger partial charge >= 0.3 is 5.97 Å². The van der Waals surface area contributed by atoms with E-state index in [9.17, 15) is 4.79 Å². The fourth-order valence-corrected chi connectivity index (χ4v) is 2.54. The van der Waals surface area contributed by atoms with Crippen molar-refractivity contribution in [2.24, 2.45) is 0 Å². The van der Waals surface area contributed by atoms with Gasteiger partial charge in [-0.15, -0.1) is 0 Å². The number of rotatable bonds is 15. The van der Waals surface area contributed by atoms with Gasteiger partial charge in [0.2, 0.25) is 0 Å². The summed E-state index contributed by atoms with van der Waals surface area (Å²) in [5.74, 6) is -0.284. The first kappa shape index (κ1) is 20.4. The zero-order valence-corrected chi connectivity index (χ0v) is 14.2. The Hall–Kier alpha value is -0.570. The molecule has 0 saturated heterocycles. The summed E-state index contributed by atoms with van der Waals surface area (Å²) >= 11 is 0. The van der Waals surface area contributed by atoms with E-state index in [1.165, 1.54) is 77.6 Å². The zero-order valence-electron chi connectivity index (χ0n) is 14.2. The number of ether oxygens (including phenoxy) is 1. The molecule has 1 unspecified atom stereocenters. The summed E-state index contributed by atoms with van der Waals surface area (Å²) in [6.45, 7) is 3.72. The monoisotopic (exact) mass is 300 g/mol. The third-order valence-corrected chi connectivity index (χ3v) is 3.79. The van der Waals surface area contributed by atoms with E-state index in [0.717, 1.165) is 12.8 Å². The van der Waals surface area contributed by atoms with Crippen LogP contribution in [0.2, 0.25) is 0 Å². The Labute approximate surface area is 131 Å². The van der Waals surface area contributed by atoms with Crippen LogP contribution in [0.25, 0.3) is 0 Å². The van der Waals surface area contributed by atoms with Gasteiger partial charge in [0.15, 0.2) is 6.29 Å². The van der Waals surface area contributed by atoms with Gasteiger partial charge in [-0.2, -0.15) is 0 Å². The van der Waals surface area contributed by atoms with E-state index in [4.69, 9.17) is 5.11 Å². The average molecular weight is 300 g/mol. The minimum absolute atomic E-state index is 0.284. The molecule has 0 spiro atoms. The molecule has 0 aromatic rings. The van der Waals surface area contributed by atoms with Gasteiger partial charge in [0.25, 0.3) is 0 Å². The van der Waals surface area contributed by atoms with Crippen LogP contribution < -0.4 is 0 Å². The molecule has 0 aliphatic carbocycles. The Morgan fingerprint density at radius 2 is 1.19 bits per heavy atom. The minimum atomic E-state index is -0.973. The second kappa shape index (κ2) is 15.8. The number of hydrogen-bond donors (Lipinski definition) is 1. The van der Waals surface area contributed by atoms with Crippen molar-refractivity contribution < 1.29 is 14.6 Å². The summed E-state index contributed by atoms with van der Waals surface area (Å²) in [5, 5.41) is 8.88. The van der Waals surface area contributed by atoms with Crippen LogP contribution in [0.1, 0.15) is 104 Å². The average Bonchev–Trinajstić information content (AvgIpc) is 2.43. The molecule has 3 heteroatoms. The van der Waals surface area contributed by atoms with Crippen LogP contribution in [0.3, 0.4) is 0 Å². The Morgan fingerprint density at radius 3 is 1.57 bits per heavy atom. The quantitative estimate of drug-likeness (QED) is 0.252. The third-order valence-electron chi connectivity index (χ3n) is 3.79. The molecular weight excluding hydrogens is 264 g/mol. The third kappa shape index (κ3) is 17.4. The van der Waals surface area contributed by atoms with E-state index in [1.54, 1.807) is 0 Å². The molecule has 0 aromatic heterocycles. The smallest absolute Gasteiger partial charge is 0.308 e. The molecule has 21 heavy (non-hydrogen) atoms. The molecule has 1 atom stereocenters. The summed E-state index contributed by atoms with van der Waals surface area (Å²) in [7, 11) is 0. The molecule has 0 aliphatic rings. The van der Waals surface area contributed by atoms with Crippen molar-refractivity contribution in [2.45, 2.75) is 110 Å². The molecular formula is C18H36O3. The standard InChI is InChI=1S/C18H36O3/c1-3-4-5-6-7-8-9-10-11-12-13-14-15-16-18(20)21-17(2)19/h17,19H,3-16H2,1-2H3. The Bertz CT molecular complexity index is 227. The van der Waals surface area contributed by atoms with E-state index in [-0.39, 0.29) is 5.97 Å². The van der Waals surface area contributed by atoms with Gasteiger partial charge in [0, 0.05) is 6.42 Å². The predicted molar refractivity (Wildman–Crippen MR) is 88.1 cm³/mol. The highest BCUT2D eigenvalue weighted by Gasteiger charge is 2.05. The lowest BCUT2D eigenvalue weighted by Crippen LogP contribution is -2.13. The van der Waals surface area contributed by atoms with Crippen LogP contribution in [-0.4, -0.2) is 17.4 Å². The summed E-state index contributed by atoms with van der Waals surface area (Å²) in [6.07, 6.45) is 16.3. The van der Waals surface area contributed by atoms with E-state index in [2.05, 4.69) is 11.7 Å². The largest absolute Gasteiger partial charge is 0.436 e. The SMILES string of the molecule is CCCCCCCCCCCCCCCC(=O)OC(C)O. The van der Waals surface area contributed by atoms with E-state index in [0.29, 0.717) is 6.42 Å². The maximum atomic E-state index is 11.2. The molecule has 3 nitrogen and oxygen atoms in total. The minimum Gasteiger partial charge on any atom is -0.436 e. The Morgan fingerprint density at radius 1 is 0.810 bits per heavy atom. The Balaban J connectivity index is 3.07. The molecule has 0 fully saturated rings. The Kier molecular flexibility index (Phi) is 15.4. The van der Waals surface area contributed by atoms with Gasteiger partial charge < -0.3 is 9.84 Å². The highest BCUT2D eigenvalue weighted by Crippen LogP contribution is 2.13. The maximum Gasteiger partial charge on any atom is 0.308 e. The van der Waals surface area contributed by atoms with E-state index >= 15 is 0 Å². The number of unbranched alkanes of at least 4 members (excludes halogenated alkanes) is 12. The molecule has 0 aliphatic heterocycles. The van der Waals surface area contributed by atoms with E-state index < -0.39 is 6.29 Å². The lowest BCUT2D eigenvalue weighted by atomic mass is 10.0. The first-order chi connectivity index (χ1) is 10.2. The number of hydrogen-bond acceptors (Lipinski definition) is 3. The molecule has 0 aromatic carbocycles. The van der Waals surface area contributed by atoms with Crippen molar-refractivity contribution in [1.29, 1.82) is 0 Å². The number of aliphatic hydroxyl groups is 1. The van der Waals surface area contributed by atoms with Crippen molar-refractivity contribution in [3.05, 3.63) is 0 Å². The van der Waals surface area contributed by atoms with Gasteiger partial charge in [-0.1, -0.05) is 84.0 Å². The lowest BCUT2D eigenvalue weighted by molar-refractivity contribution is -0.164. The second-order valence-corrected chi connectivity index (χ2v) is 6.08. The molecule has 0 amide bonds. The van der Waals surface area contributed by atoms with Crippen molar-refractivity contribution in [2.75, 3.05) is 0 Å². The van der Waals surface area contributed by atoms with Crippen LogP contribution in [0.5, 0.6) is 0 Å². The summed E-state index contributed by atoms with van der Waals surface area (Å²) in [4.78, 5) is 11.2. The molecule has 126 valence electrons. The maximum absolute atomic E-state index is 11.2. The normalized spacial score (nSPS) is 12.3. The van der Waals surface area contributed by atoms with Crippen molar-refractivity contribution in [3.63, 3.8) is 0 Å². The number of carbonyl (C=O) groups excluding carboxylic acids is 1. The number of carbonyl (C=O) groups is 1. The van der Waals surface area contributed by atoms with Crippen molar-refractivity contribution in [3.8, 4) is 0 Å². The molecule has 1 N–H and O–H groups in total. The van der Waals surface area contributed by atoms with Gasteiger partial charge in [-0.05, 0) is 13.3 Å². The first-order valence-corrected chi connectivity index (χ1v) is 9.04. The van der Waals surface area contributed by atoms with Crippen LogP contribution in [0, 0.1) is 0 Å². The number of aliphatic hydroxyl groups excluding tert-OH is 1. The molecule has 0 rings (SSSR count). The van der Waals surface area contributed by atoms with Crippen molar-refractivity contribution >= 4 is 5.97 Å². The van der Waals surface area contributed by atoms with Crippen LogP contribution in [0.4, 0.5) is 0 Å². The van der Waals surface area contributed by atoms with Crippen molar-refractivity contribution in [1.82, 2.24) is 0 Å². The van der Waals surface area contributed by atoms with Gasteiger partial charge in [0.05, 0.1) is 0 Å². The summed E-state index contributed by atoms with van der Waals surface area (Å²) in [6, 6.07) is 0. The highest BCUT2D eigenvalue weighted by atomic mass is 16.6. The zero-order chi connectivity index (χ0) is 15.8. The van der Waals surface area contributed by atoms with Gasteiger partial charge in [-0.25, -0.2) is 0 Å². The second-order valence-electron chi connectivity index (χ2n) is 6.08. The van der Waals surface area contributed by atoms with Gasteiger partial charge in [0.1, 0.15) is 0 Å². The molecule has 0 radical (unpaired) electrons. The topological polar surface area (TPSA) is 46.5 Å². The molecule has 0 bridgehead atoms. The molecule has 0 saturated carbocycles. The fraction of sp³-hybridized carbons (Fsp3) is 0.944. The van der Waals surface area contributed by atoms with Crippen LogP contribution in [0.15, 0.2) is 0 Å². The molecule has 0 heterocycles. The lowest BCUT2D eigenvalue weighted by Gasteiger charge is -2.06. The first-order valence-electron chi connectivity index (χ1n) is 9.04. The van der Waals surface area contributed by atoms with Crippen LogP contribution in [-0.2, 0) is 9.53 Å². The highest BCUT2D eigenvalue weighted by molar-refractivity contribution is 5.69. The summed E-state index contributed by atoms with van der Waals surface area (Å²) in [5.41, 5.74) is 0. The van der Waals surface area contributed by atoms with Crippen LogP contribution >= 0.6 is 0 Å². The fourth-order valence-electron chi connectivity index (χ4n) is 2.54. The van der Waals surface area contributed by atoms with Gasteiger partial charge in [-0.3, -0.25) is 4.79 Å². The number of esters is 1. The summed E-state index contributed by atoms with van der Waals surface area (Å²) < 4.78 is 4.67. The predicted octanol–water partition coefficient (Wildman–Crippen LogP) is 5.35. The van der Waals surface area contributed by atoms with E-state index in [1.807, 2.05) is 0 Å².